The Bertz CT molecular complexity index is 726. The van der Waals surface area contributed by atoms with Crippen molar-refractivity contribution in [1.29, 1.82) is 0 Å². The molecule has 2 rings (SSSR count). The number of H-pyrrole nitrogens is 1. The first-order valence-electron chi connectivity index (χ1n) is 8.51. The van der Waals surface area contributed by atoms with E-state index in [2.05, 4.69) is 38.8 Å². The fourth-order valence-electron chi connectivity index (χ4n) is 2.70. The van der Waals surface area contributed by atoms with Gasteiger partial charge in [-0.1, -0.05) is 20.8 Å². The van der Waals surface area contributed by atoms with Gasteiger partial charge in [-0.25, -0.2) is 10.7 Å². The van der Waals surface area contributed by atoms with E-state index in [-0.39, 0.29) is 11.6 Å². The maximum absolute atomic E-state index is 12.2. The number of aromatic nitrogens is 2. The van der Waals surface area contributed by atoms with Crippen LogP contribution < -0.4 is 17.1 Å². The highest BCUT2D eigenvalue weighted by molar-refractivity contribution is 6.74. The molecule has 1 aliphatic heterocycles. The van der Waals surface area contributed by atoms with Crippen molar-refractivity contribution in [2.45, 2.75) is 63.4 Å². The van der Waals surface area contributed by atoms with Crippen molar-refractivity contribution in [3.05, 3.63) is 33.1 Å². The molecule has 1 saturated heterocycles. The van der Waals surface area contributed by atoms with Crippen LogP contribution in [0.2, 0.25) is 18.1 Å². The number of hydrogen-bond donors (Lipinski definition) is 2. The molecule has 1 unspecified atom stereocenters. The number of nitrogens with one attached hydrogen (secondary N) is 1. The topological polar surface area (TPSA) is 118 Å². The second kappa shape index (κ2) is 7.75. The zero-order valence-corrected chi connectivity index (χ0v) is 17.1. The zero-order chi connectivity index (χ0) is 19.7. The van der Waals surface area contributed by atoms with Gasteiger partial charge in [0.1, 0.15) is 18.3 Å². The van der Waals surface area contributed by atoms with Crippen molar-refractivity contribution in [2.24, 2.45) is 5.90 Å². The third-order valence-electron chi connectivity index (χ3n) is 5.18. The minimum atomic E-state index is -2.15. The first kappa shape index (κ1) is 21.0. The molecule has 0 radical (unpaired) electrons. The molecule has 0 spiro atoms. The van der Waals surface area contributed by atoms with E-state index in [4.69, 9.17) is 24.6 Å². The predicted octanol–water partition coefficient (Wildman–Crippen LogP) is 0.730. The molecule has 0 bridgehead atoms. The zero-order valence-electron chi connectivity index (χ0n) is 16.1. The fourth-order valence-corrected chi connectivity index (χ4v) is 4.02. The number of ether oxygens (including phenoxy) is 2. The Morgan fingerprint density at radius 3 is 2.46 bits per heavy atom. The Kier molecular flexibility index (Phi) is 6.26. The van der Waals surface area contributed by atoms with E-state index in [0.29, 0.717) is 0 Å². The second-order valence-corrected chi connectivity index (χ2v) is 12.7. The van der Waals surface area contributed by atoms with Gasteiger partial charge in [-0.3, -0.25) is 14.3 Å². The first-order chi connectivity index (χ1) is 12.0. The summed E-state index contributed by atoms with van der Waals surface area (Å²) >= 11 is 0. The van der Waals surface area contributed by atoms with E-state index in [1.807, 2.05) is 0 Å². The van der Waals surface area contributed by atoms with Crippen molar-refractivity contribution in [1.82, 2.24) is 9.55 Å². The normalized spacial score (nSPS) is 27.0. The van der Waals surface area contributed by atoms with Crippen molar-refractivity contribution >= 4 is 8.32 Å². The maximum atomic E-state index is 12.2. The molecule has 0 aromatic carbocycles. The van der Waals surface area contributed by atoms with Gasteiger partial charge < -0.3 is 18.7 Å². The molecule has 0 saturated carbocycles. The molecule has 1 aromatic rings. The average molecular weight is 388 g/mol. The summed E-state index contributed by atoms with van der Waals surface area (Å²) in [5.74, 6) is 5.26. The molecular formula is C16H29N3O6Si. The molecule has 0 aliphatic carbocycles. The molecule has 4 atom stereocenters. The van der Waals surface area contributed by atoms with E-state index in [1.165, 1.54) is 23.9 Å². The summed E-state index contributed by atoms with van der Waals surface area (Å²) in [7, 11) is -0.620. The van der Waals surface area contributed by atoms with Gasteiger partial charge in [0.25, 0.3) is 5.56 Å². The van der Waals surface area contributed by atoms with E-state index < -0.39 is 44.1 Å². The first-order valence-corrected chi connectivity index (χ1v) is 11.4. The van der Waals surface area contributed by atoms with Crippen LogP contribution in [0.5, 0.6) is 0 Å². The second-order valence-electron chi connectivity index (χ2n) is 7.96. The van der Waals surface area contributed by atoms with Crippen LogP contribution >= 0.6 is 0 Å². The summed E-state index contributed by atoms with van der Waals surface area (Å²) in [5.41, 5.74) is -1.06. The van der Waals surface area contributed by atoms with Gasteiger partial charge in [-0.05, 0) is 18.1 Å². The highest BCUT2D eigenvalue weighted by atomic mass is 28.4. The largest absolute Gasteiger partial charge is 0.408 e. The van der Waals surface area contributed by atoms with Crippen LogP contribution in [0.1, 0.15) is 27.0 Å². The van der Waals surface area contributed by atoms with Gasteiger partial charge in [-0.15, -0.1) is 0 Å². The van der Waals surface area contributed by atoms with Crippen LogP contribution in [0.25, 0.3) is 0 Å². The SMILES string of the molecule is CO[C@@H]1C(O[Si](C)(C)C(C)(C)C)[C@@H](CON)O[C@H]1n1ccc(=O)[nH]c1=O. The molecular weight excluding hydrogens is 358 g/mol. The quantitative estimate of drug-likeness (QED) is 0.546. The van der Waals surface area contributed by atoms with E-state index >= 15 is 0 Å². The van der Waals surface area contributed by atoms with Gasteiger partial charge in [-0.2, -0.15) is 0 Å². The predicted molar refractivity (Wildman–Crippen MR) is 98.2 cm³/mol. The number of nitrogens with zero attached hydrogens (tertiary/aromatic N) is 1. The highest BCUT2D eigenvalue weighted by Gasteiger charge is 2.51. The Labute approximate surface area is 153 Å². The van der Waals surface area contributed by atoms with Gasteiger partial charge in [0.15, 0.2) is 14.5 Å². The molecule has 10 heteroatoms. The van der Waals surface area contributed by atoms with Crippen LogP contribution in [0, 0.1) is 0 Å². The monoisotopic (exact) mass is 387 g/mol. The number of aromatic amines is 1. The third kappa shape index (κ3) is 4.16. The molecule has 3 N–H and O–H groups in total. The van der Waals surface area contributed by atoms with Crippen molar-refractivity contribution in [2.75, 3.05) is 13.7 Å². The lowest BCUT2D eigenvalue weighted by atomic mass is 10.1. The Hall–Kier alpha value is -1.30. The molecule has 148 valence electrons. The Morgan fingerprint density at radius 1 is 1.31 bits per heavy atom. The summed E-state index contributed by atoms with van der Waals surface area (Å²) in [6, 6.07) is 1.26. The minimum Gasteiger partial charge on any atom is -0.408 e. The van der Waals surface area contributed by atoms with Crippen LogP contribution in [0.4, 0.5) is 0 Å². The smallest absolute Gasteiger partial charge is 0.330 e. The molecule has 1 aliphatic rings. The Morgan fingerprint density at radius 2 is 1.96 bits per heavy atom. The van der Waals surface area contributed by atoms with Gasteiger partial charge in [0.05, 0.1) is 6.61 Å². The van der Waals surface area contributed by atoms with Gasteiger partial charge in [0, 0.05) is 19.4 Å². The summed E-state index contributed by atoms with van der Waals surface area (Å²) in [6.45, 7) is 10.7. The average Bonchev–Trinajstić information content (AvgIpc) is 2.83. The summed E-state index contributed by atoms with van der Waals surface area (Å²) in [5, 5.41) is -0.0215. The summed E-state index contributed by atoms with van der Waals surface area (Å²) in [6.07, 6.45) is -0.921. The fraction of sp³-hybridized carbons (Fsp3) is 0.750. The molecule has 26 heavy (non-hydrogen) atoms. The van der Waals surface area contributed by atoms with Crippen molar-refractivity contribution in [3.63, 3.8) is 0 Å². The van der Waals surface area contributed by atoms with E-state index in [9.17, 15) is 9.59 Å². The van der Waals surface area contributed by atoms with Crippen molar-refractivity contribution < 1.29 is 18.7 Å². The van der Waals surface area contributed by atoms with Crippen LogP contribution in [-0.2, 0) is 18.7 Å². The van der Waals surface area contributed by atoms with E-state index in [0.717, 1.165) is 0 Å². The molecule has 2 heterocycles. The highest BCUT2D eigenvalue weighted by Crippen LogP contribution is 2.41. The number of rotatable bonds is 6. The number of nitrogens with two attached hydrogens (primary N) is 1. The molecule has 0 amide bonds. The van der Waals surface area contributed by atoms with Crippen LogP contribution in [0.3, 0.4) is 0 Å². The van der Waals surface area contributed by atoms with Crippen LogP contribution in [0.15, 0.2) is 21.9 Å². The summed E-state index contributed by atoms with van der Waals surface area (Å²) in [4.78, 5) is 30.5. The standard InChI is InChI=1S/C16H29N3O6Si/c1-16(2,3)26(5,6)25-12-10(9-23-17)24-14(13(12)22-4)19-8-7-11(20)18-15(19)21/h7-8,10,12-14H,9,17H2,1-6H3,(H,18,20,21)/t10-,12?,13-,14-/m1/s1. The lowest BCUT2D eigenvalue weighted by Gasteiger charge is -2.40. The maximum Gasteiger partial charge on any atom is 0.330 e. The summed E-state index contributed by atoms with van der Waals surface area (Å²) < 4.78 is 19.4. The molecule has 1 aromatic heterocycles. The third-order valence-corrected chi connectivity index (χ3v) is 9.65. The molecule has 9 nitrogen and oxygen atoms in total. The lowest BCUT2D eigenvalue weighted by molar-refractivity contribution is -0.0724. The molecule has 1 fully saturated rings. The number of hydrogen-bond acceptors (Lipinski definition) is 7. The van der Waals surface area contributed by atoms with Gasteiger partial charge >= 0.3 is 5.69 Å². The van der Waals surface area contributed by atoms with E-state index in [1.54, 1.807) is 0 Å². The van der Waals surface area contributed by atoms with Crippen LogP contribution in [-0.4, -0.2) is 49.9 Å². The minimum absolute atomic E-state index is 0.0215. The lowest BCUT2D eigenvalue weighted by Crippen LogP contribution is -2.50. The number of methoxy groups -OCH3 is 1. The Balaban J connectivity index is 2.39. The van der Waals surface area contributed by atoms with Crippen molar-refractivity contribution in [3.8, 4) is 0 Å². The van der Waals surface area contributed by atoms with Gasteiger partial charge in [0.2, 0.25) is 0 Å².